The molecule has 1 N–H and O–H groups in total. The third-order valence-corrected chi connectivity index (χ3v) is 5.18. The topological polar surface area (TPSA) is 24.8 Å². The summed E-state index contributed by atoms with van der Waals surface area (Å²) in [6.45, 7) is 1.87. The number of nitrogens with one attached hydrogen (secondary N) is 1. The maximum atomic E-state index is 13.0. The Bertz CT molecular complexity index is 709. The average Bonchev–Trinajstić information content (AvgIpc) is 2.97. The highest BCUT2D eigenvalue weighted by Crippen LogP contribution is 2.30. The number of nitrogens with zero attached hydrogens (tertiary/aromatic N) is 1. The highest BCUT2D eigenvalue weighted by molar-refractivity contribution is 6.30. The average molecular weight is 344 g/mol. The summed E-state index contributed by atoms with van der Waals surface area (Å²) in [6, 6.07) is 15.9. The summed E-state index contributed by atoms with van der Waals surface area (Å²) in [6.07, 6.45) is 0. The minimum absolute atomic E-state index is 0.0244. The number of carbonyl (C=O) groups excluding carboxylic acids is 1. The molecule has 3 nitrogen and oxygen atoms in total. The van der Waals surface area contributed by atoms with Gasteiger partial charge in [0.05, 0.1) is 26.1 Å². The van der Waals surface area contributed by atoms with Gasteiger partial charge in [-0.1, -0.05) is 23.7 Å². The molecule has 1 heterocycles. The second-order valence-corrected chi connectivity index (χ2v) is 7.37. The number of hydrogen-bond donors (Lipinski definition) is 1. The lowest BCUT2D eigenvalue weighted by atomic mass is 9.84. The molecule has 3 atom stereocenters. The molecule has 0 bridgehead atoms. The predicted molar refractivity (Wildman–Crippen MR) is 99.4 cm³/mol. The summed E-state index contributed by atoms with van der Waals surface area (Å²) in [5.41, 5.74) is 3.19. The summed E-state index contributed by atoms with van der Waals surface area (Å²) >= 11 is 5.94. The van der Waals surface area contributed by atoms with Crippen molar-refractivity contribution in [2.45, 2.75) is 5.92 Å². The van der Waals surface area contributed by atoms with Crippen LogP contribution in [-0.2, 0) is 0 Å². The first kappa shape index (κ1) is 17.0. The van der Waals surface area contributed by atoms with E-state index in [0.717, 1.165) is 18.7 Å². The molecule has 0 aliphatic carbocycles. The van der Waals surface area contributed by atoms with Crippen molar-refractivity contribution in [3.8, 4) is 0 Å². The standard InChI is InChI=1S/C20H23ClN2O/c1-22(2)17-10-6-14(7-11-17)18-12-23(3)13-19(18)20(24)15-4-8-16(21)9-5-15/h4-11,18-19H,12-13H2,1-3H3/p+1/t18-,19+/m0/s1. The number of benzene rings is 2. The molecule has 0 aromatic heterocycles. The van der Waals surface area contributed by atoms with Gasteiger partial charge in [0.15, 0.2) is 5.78 Å². The maximum absolute atomic E-state index is 13.0. The molecule has 1 fully saturated rings. The Morgan fingerprint density at radius 3 is 2.25 bits per heavy atom. The molecule has 0 spiro atoms. The lowest BCUT2D eigenvalue weighted by Crippen LogP contribution is -3.07. The van der Waals surface area contributed by atoms with E-state index in [-0.39, 0.29) is 17.6 Å². The maximum Gasteiger partial charge on any atom is 0.172 e. The lowest BCUT2D eigenvalue weighted by molar-refractivity contribution is -0.867. The van der Waals surface area contributed by atoms with Gasteiger partial charge in [0.1, 0.15) is 0 Å². The Kier molecular flexibility index (Phi) is 4.93. The molecule has 1 aliphatic rings. The smallest absolute Gasteiger partial charge is 0.172 e. The van der Waals surface area contributed by atoms with E-state index in [4.69, 9.17) is 11.6 Å². The molecule has 1 aliphatic heterocycles. The molecule has 2 aromatic carbocycles. The van der Waals surface area contributed by atoms with Crippen LogP contribution in [0.1, 0.15) is 21.8 Å². The van der Waals surface area contributed by atoms with E-state index in [1.54, 1.807) is 12.1 Å². The molecule has 0 amide bonds. The van der Waals surface area contributed by atoms with E-state index < -0.39 is 0 Å². The molecule has 0 saturated carbocycles. The van der Waals surface area contributed by atoms with Crippen LogP contribution in [0.5, 0.6) is 0 Å². The van der Waals surface area contributed by atoms with Crippen molar-refractivity contribution in [1.82, 2.24) is 0 Å². The van der Waals surface area contributed by atoms with Gasteiger partial charge >= 0.3 is 0 Å². The third-order valence-electron chi connectivity index (χ3n) is 4.93. The number of halogens is 1. The van der Waals surface area contributed by atoms with Gasteiger partial charge in [0.25, 0.3) is 0 Å². The van der Waals surface area contributed by atoms with Crippen LogP contribution in [-0.4, -0.2) is 40.0 Å². The zero-order chi connectivity index (χ0) is 17.3. The Morgan fingerprint density at radius 1 is 1.04 bits per heavy atom. The Morgan fingerprint density at radius 2 is 1.67 bits per heavy atom. The Labute approximate surface area is 148 Å². The van der Waals surface area contributed by atoms with Crippen LogP contribution in [0, 0.1) is 5.92 Å². The molecule has 1 saturated heterocycles. The number of quaternary nitrogens is 1. The third kappa shape index (κ3) is 3.47. The number of ketones is 1. The van der Waals surface area contributed by atoms with E-state index in [2.05, 4.69) is 36.2 Å². The van der Waals surface area contributed by atoms with Crippen LogP contribution in [0.4, 0.5) is 5.69 Å². The van der Waals surface area contributed by atoms with E-state index in [1.165, 1.54) is 16.2 Å². The monoisotopic (exact) mass is 343 g/mol. The largest absolute Gasteiger partial charge is 0.378 e. The van der Waals surface area contributed by atoms with Crippen LogP contribution in [0.15, 0.2) is 48.5 Å². The lowest BCUT2D eigenvalue weighted by Gasteiger charge is -2.17. The summed E-state index contributed by atoms with van der Waals surface area (Å²) in [5, 5.41) is 0.663. The van der Waals surface area contributed by atoms with E-state index in [1.807, 2.05) is 26.2 Å². The van der Waals surface area contributed by atoms with Gasteiger partial charge < -0.3 is 9.80 Å². The van der Waals surface area contributed by atoms with Gasteiger partial charge in [-0.2, -0.15) is 0 Å². The van der Waals surface area contributed by atoms with Crippen molar-refractivity contribution in [3.63, 3.8) is 0 Å². The van der Waals surface area contributed by atoms with Crippen LogP contribution in [0.2, 0.25) is 5.02 Å². The predicted octanol–water partition coefficient (Wildman–Crippen LogP) is 2.52. The molecule has 4 heteroatoms. The molecule has 126 valence electrons. The van der Waals surface area contributed by atoms with E-state index in [0.29, 0.717) is 5.02 Å². The van der Waals surface area contributed by atoms with Crippen molar-refractivity contribution in [2.75, 3.05) is 39.1 Å². The summed E-state index contributed by atoms with van der Waals surface area (Å²) in [7, 11) is 6.24. The molecular formula is C20H24ClN2O+. The zero-order valence-corrected chi connectivity index (χ0v) is 15.2. The van der Waals surface area contributed by atoms with Crippen molar-refractivity contribution in [1.29, 1.82) is 0 Å². The van der Waals surface area contributed by atoms with E-state index >= 15 is 0 Å². The SMILES string of the molecule is CN(C)c1ccc([C@@H]2C[NH+](C)C[C@H]2C(=O)c2ccc(Cl)cc2)cc1. The minimum Gasteiger partial charge on any atom is -0.378 e. The van der Waals surface area contributed by atoms with Crippen LogP contribution < -0.4 is 9.80 Å². The number of hydrogen-bond acceptors (Lipinski definition) is 2. The van der Waals surface area contributed by atoms with Crippen molar-refractivity contribution in [2.24, 2.45) is 5.92 Å². The number of likely N-dealkylation sites (tertiary alicyclic amines) is 1. The van der Waals surface area contributed by atoms with Gasteiger partial charge in [0, 0.05) is 36.3 Å². The number of Topliss-reactive ketones (excluding diaryl/α,β-unsaturated/α-hetero) is 1. The van der Waals surface area contributed by atoms with Gasteiger partial charge in [0.2, 0.25) is 0 Å². The second-order valence-electron chi connectivity index (χ2n) is 6.94. The molecule has 24 heavy (non-hydrogen) atoms. The fraction of sp³-hybridized carbons (Fsp3) is 0.350. The fourth-order valence-corrected chi connectivity index (χ4v) is 3.72. The van der Waals surface area contributed by atoms with Gasteiger partial charge in [-0.3, -0.25) is 4.79 Å². The number of carbonyl (C=O) groups is 1. The zero-order valence-electron chi connectivity index (χ0n) is 14.4. The number of anilines is 1. The Balaban J connectivity index is 1.86. The van der Waals surface area contributed by atoms with Crippen LogP contribution >= 0.6 is 11.6 Å². The highest BCUT2D eigenvalue weighted by atomic mass is 35.5. The van der Waals surface area contributed by atoms with Crippen molar-refractivity contribution >= 4 is 23.1 Å². The summed E-state index contributed by atoms with van der Waals surface area (Å²) in [5.74, 6) is 0.519. The van der Waals surface area contributed by atoms with Gasteiger partial charge in [-0.25, -0.2) is 0 Å². The highest BCUT2D eigenvalue weighted by Gasteiger charge is 2.40. The second kappa shape index (κ2) is 6.96. The molecule has 1 unspecified atom stereocenters. The molecular weight excluding hydrogens is 320 g/mol. The first-order valence-corrected chi connectivity index (χ1v) is 8.72. The first-order chi connectivity index (χ1) is 11.5. The quantitative estimate of drug-likeness (QED) is 0.863. The fourth-order valence-electron chi connectivity index (χ4n) is 3.59. The number of rotatable bonds is 4. The molecule has 0 radical (unpaired) electrons. The first-order valence-electron chi connectivity index (χ1n) is 8.34. The Hall–Kier alpha value is -1.84. The van der Waals surface area contributed by atoms with Gasteiger partial charge in [-0.15, -0.1) is 0 Å². The van der Waals surface area contributed by atoms with E-state index in [9.17, 15) is 4.79 Å². The number of likely N-dealkylation sites (N-methyl/N-ethyl adjacent to an activating group) is 1. The minimum atomic E-state index is 0.0244. The molecule has 3 rings (SSSR count). The molecule has 2 aromatic rings. The van der Waals surface area contributed by atoms with Crippen LogP contribution in [0.3, 0.4) is 0 Å². The van der Waals surface area contributed by atoms with Gasteiger partial charge in [-0.05, 0) is 42.0 Å². The van der Waals surface area contributed by atoms with Crippen LogP contribution in [0.25, 0.3) is 0 Å². The van der Waals surface area contributed by atoms with Crippen molar-refractivity contribution < 1.29 is 9.69 Å². The van der Waals surface area contributed by atoms with Crippen molar-refractivity contribution in [3.05, 3.63) is 64.7 Å². The normalized spacial score (nSPS) is 23.2. The summed E-state index contributed by atoms with van der Waals surface area (Å²) < 4.78 is 0. The summed E-state index contributed by atoms with van der Waals surface area (Å²) in [4.78, 5) is 16.5.